The summed E-state index contributed by atoms with van der Waals surface area (Å²) in [5, 5.41) is 2.12. The normalized spacial score (nSPS) is 20.1. The van der Waals surface area contributed by atoms with Gasteiger partial charge in [0.15, 0.2) is 0 Å². The monoisotopic (exact) mass is 289 g/mol. The Morgan fingerprint density at radius 1 is 1.30 bits per heavy atom. The van der Waals surface area contributed by atoms with Gasteiger partial charge in [-0.15, -0.1) is 11.3 Å². The molecule has 1 aliphatic rings. The van der Waals surface area contributed by atoms with Crippen LogP contribution in [0.1, 0.15) is 24.2 Å². The van der Waals surface area contributed by atoms with E-state index < -0.39 is 0 Å². The molecule has 0 unspecified atom stereocenters. The van der Waals surface area contributed by atoms with Gasteiger partial charge in [-0.05, 0) is 31.5 Å². The molecular weight excluding hydrogens is 270 g/mol. The number of hydrogen-bond donors (Lipinski definition) is 0. The minimum atomic E-state index is 0.310. The van der Waals surface area contributed by atoms with Crippen LogP contribution in [0.25, 0.3) is 0 Å². The lowest BCUT2D eigenvalue weighted by atomic mass is 10.1. The third-order valence-electron chi connectivity index (χ3n) is 3.52. The van der Waals surface area contributed by atoms with E-state index in [2.05, 4.69) is 20.2 Å². The molecule has 1 aliphatic heterocycles. The molecule has 0 spiro atoms. The summed E-state index contributed by atoms with van der Waals surface area (Å²) < 4.78 is 6.00. The summed E-state index contributed by atoms with van der Waals surface area (Å²) in [6.45, 7) is 3.67. The highest BCUT2D eigenvalue weighted by atomic mass is 32.1. The van der Waals surface area contributed by atoms with E-state index in [0.717, 1.165) is 31.7 Å². The van der Waals surface area contributed by atoms with Crippen molar-refractivity contribution in [3.05, 3.63) is 46.7 Å². The van der Waals surface area contributed by atoms with Crippen LogP contribution in [0, 0.1) is 0 Å². The number of nitrogens with zero attached hydrogens (tertiary/aromatic N) is 3. The summed E-state index contributed by atoms with van der Waals surface area (Å²) in [7, 11) is 0. The summed E-state index contributed by atoms with van der Waals surface area (Å²) in [6.07, 6.45) is 4.45. The van der Waals surface area contributed by atoms with Crippen molar-refractivity contribution in [2.24, 2.45) is 0 Å². The summed E-state index contributed by atoms with van der Waals surface area (Å²) in [4.78, 5) is 11.1. The summed E-state index contributed by atoms with van der Waals surface area (Å²) >= 11 is 1.66. The smallest absolute Gasteiger partial charge is 0.0892 e. The van der Waals surface area contributed by atoms with Gasteiger partial charge in [0.25, 0.3) is 0 Å². The Kier molecular flexibility index (Phi) is 4.73. The lowest BCUT2D eigenvalue weighted by Gasteiger charge is -2.32. The van der Waals surface area contributed by atoms with Crippen molar-refractivity contribution in [3.63, 3.8) is 0 Å². The Morgan fingerprint density at radius 2 is 2.30 bits per heavy atom. The topological polar surface area (TPSA) is 38.2 Å². The zero-order valence-electron chi connectivity index (χ0n) is 11.4. The van der Waals surface area contributed by atoms with Crippen molar-refractivity contribution in [3.8, 4) is 0 Å². The highest BCUT2D eigenvalue weighted by molar-refractivity contribution is 7.07. The fourth-order valence-electron chi connectivity index (χ4n) is 2.52. The van der Waals surface area contributed by atoms with Crippen molar-refractivity contribution in [2.45, 2.75) is 32.1 Å². The average Bonchev–Trinajstić information content (AvgIpc) is 3.00. The van der Waals surface area contributed by atoms with E-state index >= 15 is 0 Å². The number of likely N-dealkylation sites (tertiary alicyclic amines) is 1. The van der Waals surface area contributed by atoms with Gasteiger partial charge in [0, 0.05) is 24.7 Å². The van der Waals surface area contributed by atoms with Crippen LogP contribution in [0.4, 0.5) is 0 Å². The summed E-state index contributed by atoms with van der Waals surface area (Å²) in [6, 6.07) is 5.94. The van der Waals surface area contributed by atoms with E-state index in [9.17, 15) is 0 Å². The predicted molar refractivity (Wildman–Crippen MR) is 79.4 cm³/mol. The molecule has 20 heavy (non-hydrogen) atoms. The van der Waals surface area contributed by atoms with Gasteiger partial charge >= 0.3 is 0 Å². The molecule has 0 bridgehead atoms. The molecule has 1 atom stereocenters. The standard InChI is InChI=1S/C15H19N3OS/c1-2-6-16-13(4-1)10-19-15-5-3-7-18(9-15)8-14-11-20-12-17-14/h1-2,4,6,11-12,15H,3,5,7-10H2/t15-/m0/s1. The average molecular weight is 289 g/mol. The number of pyridine rings is 1. The second-order valence-corrected chi connectivity index (χ2v) is 5.83. The van der Waals surface area contributed by atoms with E-state index in [0.29, 0.717) is 12.7 Å². The number of thiazole rings is 1. The lowest BCUT2D eigenvalue weighted by Crippen LogP contribution is -2.39. The Morgan fingerprint density at radius 3 is 3.10 bits per heavy atom. The van der Waals surface area contributed by atoms with Crippen LogP contribution in [0.2, 0.25) is 0 Å². The van der Waals surface area contributed by atoms with Crippen LogP contribution in [-0.4, -0.2) is 34.1 Å². The molecule has 0 saturated carbocycles. The molecule has 0 aliphatic carbocycles. The van der Waals surface area contributed by atoms with E-state index in [1.807, 2.05) is 29.9 Å². The predicted octanol–water partition coefficient (Wildman–Crippen LogP) is 2.72. The number of piperidine rings is 1. The molecule has 0 aromatic carbocycles. The van der Waals surface area contributed by atoms with Crippen molar-refractivity contribution in [2.75, 3.05) is 13.1 Å². The van der Waals surface area contributed by atoms with Crippen LogP contribution in [0.15, 0.2) is 35.3 Å². The molecule has 0 amide bonds. The molecule has 0 radical (unpaired) electrons. The van der Waals surface area contributed by atoms with Crippen molar-refractivity contribution in [1.29, 1.82) is 0 Å². The van der Waals surface area contributed by atoms with Gasteiger partial charge in [-0.25, -0.2) is 4.98 Å². The zero-order chi connectivity index (χ0) is 13.6. The Bertz CT molecular complexity index is 503. The van der Waals surface area contributed by atoms with Crippen molar-refractivity contribution >= 4 is 11.3 Å². The molecule has 106 valence electrons. The maximum absolute atomic E-state index is 6.00. The third-order valence-corrected chi connectivity index (χ3v) is 4.16. The SMILES string of the molecule is c1ccc(CO[C@H]2CCCN(Cc3cscn3)C2)nc1. The molecule has 1 saturated heterocycles. The van der Waals surface area contributed by atoms with Gasteiger partial charge in [-0.2, -0.15) is 0 Å². The van der Waals surface area contributed by atoms with E-state index in [4.69, 9.17) is 4.74 Å². The maximum atomic E-state index is 6.00. The first-order chi connectivity index (χ1) is 9.90. The fraction of sp³-hybridized carbons (Fsp3) is 0.467. The molecule has 1 fully saturated rings. The van der Waals surface area contributed by atoms with Crippen LogP contribution in [0.5, 0.6) is 0 Å². The highest BCUT2D eigenvalue weighted by Gasteiger charge is 2.21. The number of ether oxygens (including phenoxy) is 1. The second kappa shape index (κ2) is 6.92. The van der Waals surface area contributed by atoms with Crippen LogP contribution in [0.3, 0.4) is 0 Å². The molecule has 0 N–H and O–H groups in total. The molecular formula is C15H19N3OS. The third kappa shape index (κ3) is 3.85. The number of rotatable bonds is 5. The largest absolute Gasteiger partial charge is 0.371 e. The summed E-state index contributed by atoms with van der Waals surface area (Å²) in [5.41, 5.74) is 4.07. The van der Waals surface area contributed by atoms with Gasteiger partial charge < -0.3 is 4.74 Å². The van der Waals surface area contributed by atoms with Crippen LogP contribution in [-0.2, 0) is 17.9 Å². The molecule has 5 heteroatoms. The molecule has 2 aromatic heterocycles. The maximum Gasteiger partial charge on any atom is 0.0892 e. The van der Waals surface area contributed by atoms with Gasteiger partial charge in [0.2, 0.25) is 0 Å². The van der Waals surface area contributed by atoms with E-state index in [1.165, 1.54) is 12.1 Å². The van der Waals surface area contributed by atoms with Crippen molar-refractivity contribution in [1.82, 2.24) is 14.9 Å². The van der Waals surface area contributed by atoms with Gasteiger partial charge in [0.05, 0.1) is 29.6 Å². The minimum absolute atomic E-state index is 0.310. The number of hydrogen-bond acceptors (Lipinski definition) is 5. The van der Waals surface area contributed by atoms with E-state index in [-0.39, 0.29) is 0 Å². The first kappa shape index (κ1) is 13.7. The second-order valence-electron chi connectivity index (χ2n) is 5.11. The fourth-order valence-corrected chi connectivity index (χ4v) is 3.07. The molecule has 4 nitrogen and oxygen atoms in total. The first-order valence-corrected chi connectivity index (χ1v) is 7.95. The Labute approximate surface area is 123 Å². The van der Waals surface area contributed by atoms with Gasteiger partial charge in [0.1, 0.15) is 0 Å². The van der Waals surface area contributed by atoms with E-state index in [1.54, 1.807) is 11.3 Å². The highest BCUT2D eigenvalue weighted by Crippen LogP contribution is 2.17. The quantitative estimate of drug-likeness (QED) is 0.848. The van der Waals surface area contributed by atoms with Crippen LogP contribution < -0.4 is 0 Å². The summed E-state index contributed by atoms with van der Waals surface area (Å²) in [5.74, 6) is 0. The van der Waals surface area contributed by atoms with Crippen molar-refractivity contribution < 1.29 is 4.74 Å². The number of aromatic nitrogens is 2. The minimum Gasteiger partial charge on any atom is -0.371 e. The Hall–Kier alpha value is -1.30. The molecule has 3 heterocycles. The molecule has 3 rings (SSSR count). The first-order valence-electron chi connectivity index (χ1n) is 7.01. The van der Waals surface area contributed by atoms with Gasteiger partial charge in [-0.3, -0.25) is 9.88 Å². The lowest BCUT2D eigenvalue weighted by molar-refractivity contribution is -0.0135. The Balaban J connectivity index is 1.48. The zero-order valence-corrected chi connectivity index (χ0v) is 12.3. The molecule has 2 aromatic rings. The van der Waals surface area contributed by atoms with Crippen LogP contribution >= 0.6 is 11.3 Å². The van der Waals surface area contributed by atoms with Gasteiger partial charge in [-0.1, -0.05) is 6.07 Å².